The van der Waals surface area contributed by atoms with Crippen LogP contribution in [0, 0.1) is 35.2 Å². The SMILES string of the molecule is CCCCCCCC1CCC(C2CC=C(c3ccc(-c4ccc(-c5ccc(OCCCCC)c(F)c5F)cc4)c(F)c3)CC2)CC1. The zero-order chi connectivity index (χ0) is 32.3. The van der Waals surface area contributed by atoms with Crippen LogP contribution in [0.25, 0.3) is 27.8 Å². The number of unbranched alkanes of at least 4 members (excludes halogenated alkanes) is 6. The quantitative estimate of drug-likeness (QED) is 0.152. The maximum Gasteiger partial charge on any atom is 0.201 e. The van der Waals surface area contributed by atoms with Crippen LogP contribution >= 0.6 is 0 Å². The Morgan fingerprint density at radius 2 is 1.28 bits per heavy atom. The number of halogens is 3. The van der Waals surface area contributed by atoms with Crippen LogP contribution in [0.3, 0.4) is 0 Å². The molecule has 0 aliphatic heterocycles. The molecule has 3 aromatic carbocycles. The van der Waals surface area contributed by atoms with E-state index in [2.05, 4.69) is 19.9 Å². The molecule has 0 saturated heterocycles. The maximum atomic E-state index is 15.4. The second-order valence-corrected chi connectivity index (χ2v) is 13.8. The fourth-order valence-corrected chi connectivity index (χ4v) is 7.71. The van der Waals surface area contributed by atoms with E-state index in [0.717, 1.165) is 55.4 Å². The van der Waals surface area contributed by atoms with Gasteiger partial charge in [-0.15, -0.1) is 0 Å². The minimum absolute atomic E-state index is 0.0642. The molecule has 1 saturated carbocycles. The van der Waals surface area contributed by atoms with Crippen LogP contribution in [-0.4, -0.2) is 6.61 Å². The van der Waals surface area contributed by atoms with Gasteiger partial charge in [0.05, 0.1) is 6.61 Å². The molecule has 1 fully saturated rings. The first-order chi connectivity index (χ1) is 22.5. The van der Waals surface area contributed by atoms with Crippen molar-refractivity contribution in [3.05, 3.63) is 83.7 Å². The van der Waals surface area contributed by atoms with Gasteiger partial charge in [-0.05, 0) is 96.7 Å². The van der Waals surface area contributed by atoms with E-state index in [1.54, 1.807) is 36.4 Å². The average molecular weight is 631 g/mol. The van der Waals surface area contributed by atoms with E-state index in [9.17, 15) is 8.78 Å². The summed E-state index contributed by atoms with van der Waals surface area (Å²) < 4.78 is 50.5. The van der Waals surface area contributed by atoms with Crippen LogP contribution in [0.2, 0.25) is 0 Å². The lowest BCUT2D eigenvalue weighted by Crippen LogP contribution is -2.23. The average Bonchev–Trinajstić information content (AvgIpc) is 3.09. The van der Waals surface area contributed by atoms with Crippen LogP contribution < -0.4 is 4.74 Å². The summed E-state index contributed by atoms with van der Waals surface area (Å²) in [5, 5.41) is 0. The molecule has 2 aliphatic rings. The number of hydrogen-bond acceptors (Lipinski definition) is 1. The van der Waals surface area contributed by atoms with E-state index >= 15 is 4.39 Å². The number of allylic oxidation sites excluding steroid dienone is 2. The largest absolute Gasteiger partial charge is 0.490 e. The normalized spacial score (nSPS) is 20.0. The lowest BCUT2D eigenvalue weighted by Gasteiger charge is -2.35. The zero-order valence-electron chi connectivity index (χ0n) is 28.1. The minimum atomic E-state index is -0.973. The Morgan fingerprint density at radius 1 is 0.630 bits per heavy atom. The standard InChI is InChI=1S/C42H53F3O/c1-3-5-7-8-9-11-30-12-14-31(15-13-30)32-16-18-33(19-17-32)36-24-25-37(39(43)29-36)34-20-22-35(23-21-34)38-26-27-40(42(45)41(38)44)46-28-10-6-4-2/h18,20-27,29-32H,3-17,19,28H2,1-2H3. The van der Waals surface area contributed by atoms with Crippen molar-refractivity contribution in [3.63, 3.8) is 0 Å². The summed E-state index contributed by atoms with van der Waals surface area (Å²) in [4.78, 5) is 0. The van der Waals surface area contributed by atoms with Gasteiger partial charge in [-0.25, -0.2) is 8.78 Å². The lowest BCUT2D eigenvalue weighted by atomic mass is 9.70. The molecule has 0 spiro atoms. The Morgan fingerprint density at radius 3 is 1.96 bits per heavy atom. The summed E-state index contributed by atoms with van der Waals surface area (Å²) >= 11 is 0. The summed E-state index contributed by atoms with van der Waals surface area (Å²) in [6.45, 7) is 4.72. The molecule has 2 aliphatic carbocycles. The highest BCUT2D eigenvalue weighted by molar-refractivity contribution is 5.74. The molecule has 0 amide bonds. The van der Waals surface area contributed by atoms with Gasteiger partial charge in [0, 0.05) is 11.1 Å². The van der Waals surface area contributed by atoms with Gasteiger partial charge in [-0.1, -0.05) is 121 Å². The molecule has 4 heteroatoms. The van der Waals surface area contributed by atoms with Gasteiger partial charge in [-0.3, -0.25) is 0 Å². The highest BCUT2D eigenvalue weighted by Gasteiger charge is 2.29. The summed E-state index contributed by atoms with van der Waals surface area (Å²) in [5.41, 5.74) is 4.14. The summed E-state index contributed by atoms with van der Waals surface area (Å²) in [6.07, 6.45) is 22.4. The smallest absolute Gasteiger partial charge is 0.201 e. The van der Waals surface area contributed by atoms with Crippen molar-refractivity contribution in [1.82, 2.24) is 0 Å². The van der Waals surface area contributed by atoms with Gasteiger partial charge < -0.3 is 4.74 Å². The molecule has 5 rings (SSSR count). The van der Waals surface area contributed by atoms with E-state index in [4.69, 9.17) is 4.74 Å². The van der Waals surface area contributed by atoms with Crippen molar-refractivity contribution in [3.8, 4) is 28.0 Å². The van der Waals surface area contributed by atoms with Crippen molar-refractivity contribution >= 4 is 5.57 Å². The second-order valence-electron chi connectivity index (χ2n) is 13.8. The molecule has 248 valence electrons. The van der Waals surface area contributed by atoms with Gasteiger partial charge >= 0.3 is 0 Å². The van der Waals surface area contributed by atoms with Crippen LogP contribution in [-0.2, 0) is 0 Å². The van der Waals surface area contributed by atoms with Crippen LogP contribution in [0.4, 0.5) is 13.2 Å². The molecule has 3 aromatic rings. The molecule has 0 radical (unpaired) electrons. The third-order valence-electron chi connectivity index (χ3n) is 10.6. The molecular formula is C42H53F3O. The number of ether oxygens (including phenoxy) is 1. The number of rotatable bonds is 15. The minimum Gasteiger partial charge on any atom is -0.490 e. The highest BCUT2D eigenvalue weighted by atomic mass is 19.2. The third-order valence-corrected chi connectivity index (χ3v) is 10.6. The van der Waals surface area contributed by atoms with Gasteiger partial charge in [0.15, 0.2) is 11.6 Å². The molecule has 1 nitrogen and oxygen atoms in total. The Balaban J connectivity index is 1.15. The molecule has 1 unspecified atom stereocenters. The van der Waals surface area contributed by atoms with E-state index in [1.807, 2.05) is 12.1 Å². The summed E-state index contributed by atoms with van der Waals surface area (Å²) in [5.74, 6) is 0.335. The molecule has 0 heterocycles. The van der Waals surface area contributed by atoms with Crippen molar-refractivity contribution in [1.29, 1.82) is 0 Å². The maximum absolute atomic E-state index is 15.4. The van der Waals surface area contributed by atoms with E-state index in [-0.39, 0.29) is 17.1 Å². The molecule has 1 atom stereocenters. The number of hydrogen-bond donors (Lipinski definition) is 0. The monoisotopic (exact) mass is 630 g/mol. The third kappa shape index (κ3) is 8.87. The Labute approximate surface area is 275 Å². The van der Waals surface area contributed by atoms with Crippen LogP contribution in [0.1, 0.15) is 122 Å². The highest BCUT2D eigenvalue weighted by Crippen LogP contribution is 2.42. The van der Waals surface area contributed by atoms with Crippen molar-refractivity contribution in [2.75, 3.05) is 6.61 Å². The van der Waals surface area contributed by atoms with Crippen molar-refractivity contribution < 1.29 is 17.9 Å². The first-order valence-electron chi connectivity index (χ1n) is 18.2. The first-order valence-corrected chi connectivity index (χ1v) is 18.2. The predicted octanol–water partition coefficient (Wildman–Crippen LogP) is 13.4. The Hall–Kier alpha value is -3.01. The second kappa shape index (κ2) is 17.2. The fraction of sp³-hybridized carbons (Fsp3) is 0.524. The Kier molecular flexibility index (Phi) is 12.9. The van der Waals surface area contributed by atoms with Gasteiger partial charge in [-0.2, -0.15) is 4.39 Å². The zero-order valence-corrected chi connectivity index (χ0v) is 28.1. The number of benzene rings is 3. The van der Waals surface area contributed by atoms with Crippen LogP contribution in [0.5, 0.6) is 5.75 Å². The molecule has 0 N–H and O–H groups in total. The first kappa shape index (κ1) is 34.3. The van der Waals surface area contributed by atoms with Gasteiger partial charge in [0.25, 0.3) is 0 Å². The van der Waals surface area contributed by atoms with Crippen molar-refractivity contribution in [2.24, 2.45) is 17.8 Å². The summed E-state index contributed by atoms with van der Waals surface area (Å²) in [7, 11) is 0. The Bertz CT molecular complexity index is 1420. The van der Waals surface area contributed by atoms with Gasteiger partial charge in [0.1, 0.15) is 5.82 Å². The topological polar surface area (TPSA) is 9.23 Å². The molecular weight excluding hydrogens is 577 g/mol. The van der Waals surface area contributed by atoms with Crippen LogP contribution in [0.15, 0.2) is 60.7 Å². The van der Waals surface area contributed by atoms with Crippen molar-refractivity contribution in [2.45, 2.75) is 117 Å². The predicted molar refractivity (Wildman–Crippen MR) is 186 cm³/mol. The molecule has 0 bridgehead atoms. The molecule has 46 heavy (non-hydrogen) atoms. The van der Waals surface area contributed by atoms with E-state index < -0.39 is 11.6 Å². The van der Waals surface area contributed by atoms with Gasteiger partial charge in [0.2, 0.25) is 5.82 Å². The molecule has 0 aromatic heterocycles. The van der Waals surface area contributed by atoms with E-state index in [0.29, 0.717) is 23.3 Å². The summed E-state index contributed by atoms with van der Waals surface area (Å²) in [6, 6.07) is 15.5. The van der Waals surface area contributed by atoms with E-state index in [1.165, 1.54) is 82.3 Å². The fourth-order valence-electron chi connectivity index (χ4n) is 7.71. The lowest BCUT2D eigenvalue weighted by molar-refractivity contribution is 0.187.